The lowest BCUT2D eigenvalue weighted by atomic mass is 10.00. The van der Waals surface area contributed by atoms with E-state index in [1.807, 2.05) is 24.3 Å². The van der Waals surface area contributed by atoms with Gasteiger partial charge in [0.2, 0.25) is 0 Å². The second-order valence-corrected chi connectivity index (χ2v) is 8.03. The lowest BCUT2D eigenvalue weighted by Gasteiger charge is -2.30. The number of hydrogen-bond donors (Lipinski definition) is 0. The monoisotopic (exact) mass is 443 g/mol. The fraction of sp³-hybridized carbons (Fsp3) is 0.214. The first-order valence-electron chi connectivity index (χ1n) is 11.0. The number of ether oxygens (including phenoxy) is 1. The van der Waals surface area contributed by atoms with Crippen molar-refractivity contribution in [3.8, 4) is 0 Å². The van der Waals surface area contributed by atoms with E-state index < -0.39 is 0 Å². The molecule has 1 saturated heterocycles. The molecular weight excluding hydrogens is 417 g/mol. The second-order valence-electron chi connectivity index (χ2n) is 8.03. The van der Waals surface area contributed by atoms with Crippen molar-refractivity contribution in [2.45, 2.75) is 13.8 Å². The molecule has 1 aliphatic rings. The first kappa shape index (κ1) is 22.6. The number of anilines is 1. The Morgan fingerprint density at radius 2 is 1.18 bits per heavy atom. The molecule has 0 saturated carbocycles. The number of rotatable bonds is 3. The maximum atomic E-state index is 13.3. The van der Waals surface area contributed by atoms with Crippen molar-refractivity contribution >= 4 is 38.8 Å². The Kier molecular flexibility index (Phi) is 6.80. The predicted octanol–water partition coefficient (Wildman–Crippen LogP) is 6.06. The fourth-order valence-corrected chi connectivity index (χ4v) is 4.24. The third kappa shape index (κ3) is 4.78. The van der Waals surface area contributed by atoms with Gasteiger partial charge in [-0.3, -0.25) is 9.59 Å². The van der Waals surface area contributed by atoms with Crippen molar-refractivity contribution < 1.29 is 18.7 Å². The lowest BCUT2D eigenvalue weighted by molar-refractivity contribution is 0.101. The number of carbonyl (C=O) groups is 2. The minimum absolute atomic E-state index is 0.0406. The molecule has 1 aliphatic heterocycles. The number of Topliss-reactive ketones (excluding diaryl/α,β-unsaturated/α-hetero) is 2. The Hall–Kier alpha value is -3.57. The molecule has 0 radical (unpaired) electrons. The highest BCUT2D eigenvalue weighted by atomic mass is 19.1. The van der Waals surface area contributed by atoms with Gasteiger partial charge in [0, 0.05) is 40.7 Å². The standard InChI is InChI=1S/C16H17NO2.C12H9FO/c1-12(18)13-6-7-16(17-8-10-19-11-9-17)15-5-3-2-4-14(13)15;1-8(14)9-6-7-12(13)11-5-3-2-4-10(9)11/h2-7H,8-11H2,1H3;2-7H,1H3. The van der Waals surface area contributed by atoms with E-state index in [0.29, 0.717) is 16.3 Å². The molecule has 0 aromatic heterocycles. The zero-order valence-electron chi connectivity index (χ0n) is 18.8. The number of fused-ring (bicyclic) bond motifs is 2. The molecule has 0 spiro atoms. The minimum Gasteiger partial charge on any atom is -0.378 e. The van der Waals surface area contributed by atoms with Gasteiger partial charge in [0.1, 0.15) is 5.82 Å². The predicted molar refractivity (Wildman–Crippen MR) is 131 cm³/mol. The molecule has 4 nitrogen and oxygen atoms in total. The summed E-state index contributed by atoms with van der Waals surface area (Å²) in [5.41, 5.74) is 2.57. The minimum atomic E-state index is -0.286. The van der Waals surface area contributed by atoms with Crippen molar-refractivity contribution in [3.63, 3.8) is 0 Å². The average molecular weight is 444 g/mol. The Labute approximate surface area is 192 Å². The van der Waals surface area contributed by atoms with Gasteiger partial charge in [0.05, 0.1) is 13.2 Å². The van der Waals surface area contributed by atoms with Gasteiger partial charge in [0.15, 0.2) is 11.6 Å². The lowest BCUT2D eigenvalue weighted by Crippen LogP contribution is -2.36. The Balaban J connectivity index is 0.000000165. The van der Waals surface area contributed by atoms with Gasteiger partial charge in [-0.05, 0) is 48.9 Å². The molecule has 1 fully saturated rings. The number of morpholine rings is 1. The molecule has 0 atom stereocenters. The van der Waals surface area contributed by atoms with Crippen LogP contribution in [-0.2, 0) is 4.74 Å². The number of hydrogen-bond acceptors (Lipinski definition) is 4. The molecule has 4 aromatic rings. The highest BCUT2D eigenvalue weighted by Gasteiger charge is 2.16. The van der Waals surface area contributed by atoms with Crippen LogP contribution in [0.3, 0.4) is 0 Å². The summed E-state index contributed by atoms with van der Waals surface area (Å²) in [5.74, 6) is -0.212. The zero-order valence-corrected chi connectivity index (χ0v) is 18.8. The van der Waals surface area contributed by atoms with E-state index in [-0.39, 0.29) is 17.4 Å². The zero-order chi connectivity index (χ0) is 23.4. The van der Waals surface area contributed by atoms with E-state index in [4.69, 9.17) is 4.74 Å². The van der Waals surface area contributed by atoms with E-state index in [9.17, 15) is 14.0 Å². The van der Waals surface area contributed by atoms with Crippen LogP contribution in [0.5, 0.6) is 0 Å². The summed E-state index contributed by atoms with van der Waals surface area (Å²) in [4.78, 5) is 25.3. The number of nitrogens with zero attached hydrogens (tertiary/aromatic N) is 1. The molecule has 0 unspecified atom stereocenters. The SMILES string of the molecule is CC(=O)c1ccc(F)c2ccccc12.CC(=O)c1ccc(N2CCOCC2)c2ccccc12. The third-order valence-corrected chi connectivity index (χ3v) is 5.88. The number of ketones is 2. The molecule has 0 N–H and O–H groups in total. The topological polar surface area (TPSA) is 46.6 Å². The first-order valence-corrected chi connectivity index (χ1v) is 11.0. The van der Waals surface area contributed by atoms with Crippen molar-refractivity contribution in [1.82, 2.24) is 0 Å². The van der Waals surface area contributed by atoms with E-state index in [1.54, 1.807) is 31.2 Å². The summed E-state index contributed by atoms with van der Waals surface area (Å²) >= 11 is 0. The molecule has 5 heteroatoms. The van der Waals surface area contributed by atoms with Crippen molar-refractivity contribution in [2.24, 2.45) is 0 Å². The van der Waals surface area contributed by atoms with Crippen molar-refractivity contribution in [1.29, 1.82) is 0 Å². The quantitative estimate of drug-likeness (QED) is 0.361. The molecule has 0 bridgehead atoms. The Morgan fingerprint density at radius 3 is 1.76 bits per heavy atom. The largest absolute Gasteiger partial charge is 0.378 e. The van der Waals surface area contributed by atoms with Crippen LogP contribution in [0.25, 0.3) is 21.5 Å². The van der Waals surface area contributed by atoms with E-state index in [2.05, 4.69) is 17.0 Å². The van der Waals surface area contributed by atoms with E-state index >= 15 is 0 Å². The summed E-state index contributed by atoms with van der Waals surface area (Å²) in [6.45, 7) is 6.45. The van der Waals surface area contributed by atoms with Crippen LogP contribution in [0, 0.1) is 5.82 Å². The molecule has 1 heterocycles. The smallest absolute Gasteiger partial charge is 0.160 e. The first-order chi connectivity index (χ1) is 16.0. The van der Waals surface area contributed by atoms with Gasteiger partial charge >= 0.3 is 0 Å². The van der Waals surface area contributed by atoms with E-state index in [0.717, 1.165) is 42.6 Å². The summed E-state index contributed by atoms with van der Waals surface area (Å²) in [6.07, 6.45) is 0. The average Bonchev–Trinajstić information content (AvgIpc) is 2.84. The summed E-state index contributed by atoms with van der Waals surface area (Å²) in [6, 6.07) is 22.0. The molecule has 4 aromatic carbocycles. The fourth-order valence-electron chi connectivity index (χ4n) is 4.24. The van der Waals surface area contributed by atoms with Crippen LogP contribution in [0.15, 0.2) is 72.8 Å². The number of carbonyl (C=O) groups excluding carboxylic acids is 2. The highest BCUT2D eigenvalue weighted by Crippen LogP contribution is 2.30. The van der Waals surface area contributed by atoms with Crippen LogP contribution in [0.1, 0.15) is 34.6 Å². The highest BCUT2D eigenvalue weighted by molar-refractivity contribution is 6.10. The van der Waals surface area contributed by atoms with Gasteiger partial charge in [-0.15, -0.1) is 0 Å². The van der Waals surface area contributed by atoms with Crippen LogP contribution in [0.2, 0.25) is 0 Å². The van der Waals surface area contributed by atoms with Crippen molar-refractivity contribution in [3.05, 3.63) is 89.7 Å². The van der Waals surface area contributed by atoms with Gasteiger partial charge in [-0.2, -0.15) is 0 Å². The van der Waals surface area contributed by atoms with Gasteiger partial charge in [-0.1, -0.05) is 48.5 Å². The van der Waals surface area contributed by atoms with E-state index in [1.165, 1.54) is 24.7 Å². The molecule has 0 amide bonds. The number of benzene rings is 4. The molecule has 33 heavy (non-hydrogen) atoms. The Bertz CT molecular complexity index is 1330. The maximum Gasteiger partial charge on any atom is 0.160 e. The second kappa shape index (κ2) is 9.92. The van der Waals surface area contributed by atoms with Crippen molar-refractivity contribution in [2.75, 3.05) is 31.2 Å². The maximum absolute atomic E-state index is 13.3. The van der Waals surface area contributed by atoms with Gasteiger partial charge < -0.3 is 9.64 Å². The van der Waals surface area contributed by atoms with Gasteiger partial charge in [-0.25, -0.2) is 4.39 Å². The number of halogens is 1. The summed E-state index contributed by atoms with van der Waals surface area (Å²) in [7, 11) is 0. The van der Waals surface area contributed by atoms with Crippen LogP contribution >= 0.6 is 0 Å². The van der Waals surface area contributed by atoms with Gasteiger partial charge in [0.25, 0.3) is 0 Å². The molecule has 168 valence electrons. The molecular formula is C28H26FNO3. The Morgan fingerprint density at radius 1 is 0.697 bits per heavy atom. The summed E-state index contributed by atoms with van der Waals surface area (Å²) < 4.78 is 18.7. The molecule has 0 aliphatic carbocycles. The summed E-state index contributed by atoms with van der Waals surface area (Å²) in [5, 5.41) is 3.37. The molecule has 5 rings (SSSR count). The van der Waals surface area contributed by atoms with Crippen LogP contribution in [0.4, 0.5) is 10.1 Å². The van der Waals surface area contributed by atoms with Crippen LogP contribution < -0.4 is 4.90 Å². The normalized spacial score (nSPS) is 13.5. The third-order valence-electron chi connectivity index (χ3n) is 5.88. The van der Waals surface area contributed by atoms with Crippen LogP contribution in [-0.4, -0.2) is 37.9 Å².